The van der Waals surface area contributed by atoms with E-state index in [2.05, 4.69) is 5.32 Å². The van der Waals surface area contributed by atoms with Gasteiger partial charge in [0, 0.05) is 13.1 Å². The molecule has 0 heterocycles. The molecule has 0 saturated heterocycles. The highest BCUT2D eigenvalue weighted by Crippen LogP contribution is 2.25. The lowest BCUT2D eigenvalue weighted by Gasteiger charge is -2.28. The average Bonchev–Trinajstić information content (AvgIpc) is 2.75. The Bertz CT molecular complexity index is 811. The van der Waals surface area contributed by atoms with E-state index in [9.17, 15) is 14.0 Å². The summed E-state index contributed by atoms with van der Waals surface area (Å²) in [4.78, 5) is 26.8. The molecule has 0 aliphatic heterocycles. The van der Waals surface area contributed by atoms with Crippen molar-refractivity contribution < 1.29 is 23.5 Å². The van der Waals surface area contributed by atoms with Gasteiger partial charge in [0.15, 0.2) is 18.1 Å². The predicted molar refractivity (Wildman–Crippen MR) is 108 cm³/mol. The van der Waals surface area contributed by atoms with E-state index in [1.54, 1.807) is 43.3 Å². The molecular weight excluding hydrogens is 375 g/mol. The Morgan fingerprint density at radius 1 is 1.10 bits per heavy atom. The number of para-hydroxylation sites is 2. The average molecular weight is 402 g/mol. The number of benzene rings is 2. The normalized spacial score (nSPS) is 11.4. The van der Waals surface area contributed by atoms with Crippen LogP contribution in [0, 0.1) is 5.82 Å². The van der Waals surface area contributed by atoms with E-state index in [0.717, 1.165) is 6.42 Å². The molecule has 29 heavy (non-hydrogen) atoms. The minimum absolute atomic E-state index is 0.162. The van der Waals surface area contributed by atoms with Gasteiger partial charge in [-0.15, -0.1) is 0 Å². The van der Waals surface area contributed by atoms with Crippen molar-refractivity contribution in [3.63, 3.8) is 0 Å². The fraction of sp³-hybridized carbons (Fsp3) is 0.364. The van der Waals surface area contributed by atoms with Crippen LogP contribution >= 0.6 is 0 Å². The molecule has 2 amide bonds. The number of hydrogen-bond donors (Lipinski definition) is 1. The molecule has 156 valence electrons. The van der Waals surface area contributed by atoms with Gasteiger partial charge in [0.05, 0.1) is 7.11 Å². The smallest absolute Gasteiger partial charge is 0.261 e. The van der Waals surface area contributed by atoms with Gasteiger partial charge in [-0.25, -0.2) is 4.39 Å². The second kappa shape index (κ2) is 11.0. The number of nitrogens with zero attached hydrogens (tertiary/aromatic N) is 1. The van der Waals surface area contributed by atoms with Gasteiger partial charge in [-0.05, 0) is 43.2 Å². The van der Waals surface area contributed by atoms with Crippen molar-refractivity contribution in [3.8, 4) is 11.5 Å². The lowest BCUT2D eigenvalue weighted by Crippen LogP contribution is -2.49. The molecule has 0 aromatic heterocycles. The number of halogens is 1. The third-order valence-electron chi connectivity index (χ3n) is 4.40. The summed E-state index contributed by atoms with van der Waals surface area (Å²) in [7, 11) is 1.52. The summed E-state index contributed by atoms with van der Waals surface area (Å²) in [5.74, 6) is -0.0221. The Labute approximate surface area is 170 Å². The molecule has 0 spiro atoms. The number of hydrogen-bond acceptors (Lipinski definition) is 4. The highest BCUT2D eigenvalue weighted by molar-refractivity contribution is 5.88. The maximum Gasteiger partial charge on any atom is 0.261 e. The molecule has 1 atom stereocenters. The van der Waals surface area contributed by atoms with Crippen LogP contribution in [0.5, 0.6) is 11.5 Å². The standard InChI is InChI=1S/C22H27FN2O4/c1-4-13-24-22(27)16(2)25(14-17-9-11-18(23)12-10-17)21(26)15-29-20-8-6-5-7-19(20)28-3/h5-12,16H,4,13-15H2,1-3H3,(H,24,27)/t16-/m0/s1. The third-order valence-corrected chi connectivity index (χ3v) is 4.40. The van der Waals surface area contributed by atoms with Crippen molar-refractivity contribution in [1.29, 1.82) is 0 Å². The van der Waals surface area contributed by atoms with Crippen molar-refractivity contribution in [2.75, 3.05) is 20.3 Å². The van der Waals surface area contributed by atoms with Crippen LogP contribution in [0.15, 0.2) is 48.5 Å². The first-order valence-electron chi connectivity index (χ1n) is 9.53. The second-order valence-electron chi connectivity index (χ2n) is 6.55. The minimum atomic E-state index is -0.708. The number of nitrogens with one attached hydrogen (secondary N) is 1. The zero-order valence-corrected chi connectivity index (χ0v) is 17.0. The zero-order valence-electron chi connectivity index (χ0n) is 17.0. The summed E-state index contributed by atoms with van der Waals surface area (Å²) in [5, 5.41) is 2.80. The molecule has 0 saturated carbocycles. The number of carbonyl (C=O) groups excluding carboxylic acids is 2. The predicted octanol–water partition coefficient (Wildman–Crippen LogP) is 3.16. The summed E-state index contributed by atoms with van der Waals surface area (Å²) >= 11 is 0. The molecule has 0 fully saturated rings. The largest absolute Gasteiger partial charge is 0.493 e. The van der Waals surface area contributed by atoms with Gasteiger partial charge < -0.3 is 19.7 Å². The molecule has 1 N–H and O–H groups in total. The highest BCUT2D eigenvalue weighted by Gasteiger charge is 2.26. The number of amides is 2. The summed E-state index contributed by atoms with van der Waals surface area (Å²) in [5.41, 5.74) is 0.715. The fourth-order valence-electron chi connectivity index (χ4n) is 2.73. The molecule has 0 radical (unpaired) electrons. The van der Waals surface area contributed by atoms with Crippen LogP contribution in [-0.4, -0.2) is 43.0 Å². The van der Waals surface area contributed by atoms with E-state index in [1.165, 1.54) is 24.1 Å². The molecule has 0 aliphatic carbocycles. The number of carbonyl (C=O) groups is 2. The lowest BCUT2D eigenvalue weighted by atomic mass is 10.1. The van der Waals surface area contributed by atoms with Crippen LogP contribution in [-0.2, 0) is 16.1 Å². The van der Waals surface area contributed by atoms with Crippen molar-refractivity contribution in [2.24, 2.45) is 0 Å². The van der Waals surface area contributed by atoms with Crippen molar-refractivity contribution in [3.05, 3.63) is 59.9 Å². The monoisotopic (exact) mass is 402 g/mol. The number of methoxy groups -OCH3 is 1. The Hall–Kier alpha value is -3.09. The fourth-order valence-corrected chi connectivity index (χ4v) is 2.73. The first kappa shape index (κ1) is 22.2. The quantitative estimate of drug-likeness (QED) is 0.663. The molecule has 7 heteroatoms. The van der Waals surface area contributed by atoms with Crippen molar-refractivity contribution in [1.82, 2.24) is 10.2 Å². The molecule has 2 aromatic carbocycles. The molecule has 2 aromatic rings. The molecule has 0 bridgehead atoms. The molecule has 2 rings (SSSR count). The Morgan fingerprint density at radius 3 is 2.38 bits per heavy atom. The topological polar surface area (TPSA) is 67.9 Å². The van der Waals surface area contributed by atoms with E-state index in [-0.39, 0.29) is 30.8 Å². The van der Waals surface area contributed by atoms with Gasteiger partial charge in [-0.2, -0.15) is 0 Å². The number of ether oxygens (including phenoxy) is 2. The van der Waals surface area contributed by atoms with Gasteiger partial charge in [0.1, 0.15) is 11.9 Å². The molecule has 0 aliphatic rings. The van der Waals surface area contributed by atoms with Gasteiger partial charge in [-0.3, -0.25) is 9.59 Å². The van der Waals surface area contributed by atoms with Gasteiger partial charge in [0.2, 0.25) is 5.91 Å². The maximum absolute atomic E-state index is 13.2. The van der Waals surface area contributed by atoms with Crippen LogP contribution in [0.2, 0.25) is 0 Å². The summed E-state index contributed by atoms with van der Waals surface area (Å²) in [6.07, 6.45) is 0.793. The van der Waals surface area contributed by atoms with E-state index in [1.807, 2.05) is 6.92 Å². The summed E-state index contributed by atoms with van der Waals surface area (Å²) in [6, 6.07) is 12.1. The number of rotatable bonds is 10. The van der Waals surface area contributed by atoms with Crippen molar-refractivity contribution in [2.45, 2.75) is 32.9 Å². The van der Waals surface area contributed by atoms with Crippen molar-refractivity contribution >= 4 is 11.8 Å². The molecule has 0 unspecified atom stereocenters. The molecule has 6 nitrogen and oxygen atoms in total. The third kappa shape index (κ3) is 6.48. The first-order valence-corrected chi connectivity index (χ1v) is 9.53. The maximum atomic E-state index is 13.2. The van der Waals surface area contributed by atoms with Crippen LogP contribution in [0.3, 0.4) is 0 Å². The zero-order chi connectivity index (χ0) is 21.2. The SMILES string of the molecule is CCCNC(=O)[C@H](C)N(Cc1ccc(F)cc1)C(=O)COc1ccccc1OC. The Balaban J connectivity index is 2.14. The van der Waals surface area contributed by atoms with Gasteiger partial charge >= 0.3 is 0 Å². The van der Waals surface area contributed by atoms with Crippen LogP contribution in [0.4, 0.5) is 4.39 Å². The second-order valence-corrected chi connectivity index (χ2v) is 6.55. The minimum Gasteiger partial charge on any atom is -0.493 e. The van der Waals surface area contributed by atoms with Crippen LogP contribution < -0.4 is 14.8 Å². The Kier molecular flexibility index (Phi) is 8.45. The van der Waals surface area contributed by atoms with Crippen LogP contribution in [0.1, 0.15) is 25.8 Å². The van der Waals surface area contributed by atoms with E-state index < -0.39 is 6.04 Å². The first-order chi connectivity index (χ1) is 14.0. The highest BCUT2D eigenvalue weighted by atomic mass is 19.1. The van der Waals surface area contributed by atoms with Gasteiger partial charge in [0.25, 0.3) is 5.91 Å². The van der Waals surface area contributed by atoms with E-state index >= 15 is 0 Å². The van der Waals surface area contributed by atoms with E-state index in [4.69, 9.17) is 9.47 Å². The molecular formula is C22H27FN2O4. The van der Waals surface area contributed by atoms with Gasteiger partial charge in [-0.1, -0.05) is 31.2 Å². The summed E-state index contributed by atoms with van der Waals surface area (Å²) in [6.45, 7) is 4.05. The van der Waals surface area contributed by atoms with E-state index in [0.29, 0.717) is 23.6 Å². The van der Waals surface area contributed by atoms with Crippen LogP contribution in [0.25, 0.3) is 0 Å². The lowest BCUT2D eigenvalue weighted by molar-refractivity contribution is -0.142. The Morgan fingerprint density at radius 2 is 1.76 bits per heavy atom. The summed E-state index contributed by atoms with van der Waals surface area (Å²) < 4.78 is 24.1.